The summed E-state index contributed by atoms with van der Waals surface area (Å²) in [6.45, 7) is 6.81. The summed E-state index contributed by atoms with van der Waals surface area (Å²) in [5, 5.41) is 0. The van der Waals surface area contributed by atoms with Crippen LogP contribution in [0.2, 0.25) is 0 Å². The first kappa shape index (κ1) is 19.1. The molecule has 0 heterocycles. The molecule has 0 fully saturated rings. The predicted molar refractivity (Wildman–Crippen MR) is 95.0 cm³/mol. The maximum Gasteiger partial charge on any atom is 0.241 e. The summed E-state index contributed by atoms with van der Waals surface area (Å²) in [5.74, 6) is 0. The summed E-state index contributed by atoms with van der Waals surface area (Å²) in [7, 11) is -3.49. The maximum absolute atomic E-state index is 12.4. The molecule has 1 rings (SSSR count). The molecular formula is C15H23Br2NO2S. The lowest BCUT2D eigenvalue weighted by Gasteiger charge is -2.25. The molecule has 120 valence electrons. The van der Waals surface area contributed by atoms with Crippen LogP contribution in [-0.4, -0.2) is 15.0 Å². The second-order valence-electron chi connectivity index (χ2n) is 6.02. The van der Waals surface area contributed by atoms with Crippen molar-refractivity contribution in [3.05, 3.63) is 27.1 Å². The molecule has 0 atom stereocenters. The molecule has 0 radical (unpaired) electrons. The van der Waals surface area contributed by atoms with Crippen molar-refractivity contribution in [3.63, 3.8) is 0 Å². The zero-order chi connectivity index (χ0) is 16.1. The number of hydrogen-bond donors (Lipinski definition) is 1. The molecule has 0 bridgehead atoms. The van der Waals surface area contributed by atoms with Gasteiger partial charge in [0.15, 0.2) is 0 Å². The van der Waals surface area contributed by atoms with Crippen molar-refractivity contribution >= 4 is 41.9 Å². The van der Waals surface area contributed by atoms with Crippen molar-refractivity contribution in [1.82, 2.24) is 4.72 Å². The van der Waals surface area contributed by atoms with Crippen molar-refractivity contribution in [3.8, 4) is 0 Å². The fourth-order valence-corrected chi connectivity index (χ4v) is 4.99. The number of nitrogens with one attached hydrogen (secondary N) is 1. The van der Waals surface area contributed by atoms with E-state index in [2.05, 4.69) is 57.4 Å². The second kappa shape index (κ2) is 8.09. The monoisotopic (exact) mass is 439 g/mol. The molecule has 1 aromatic rings. The summed E-state index contributed by atoms with van der Waals surface area (Å²) in [6, 6.07) is 5.06. The van der Waals surface area contributed by atoms with E-state index in [-0.39, 0.29) is 10.3 Å². The predicted octanol–water partition coefficient (Wildman–Crippen LogP) is 5.10. The Morgan fingerprint density at radius 2 is 1.86 bits per heavy atom. The van der Waals surface area contributed by atoms with E-state index in [1.54, 1.807) is 18.2 Å². The van der Waals surface area contributed by atoms with E-state index in [0.717, 1.165) is 17.3 Å². The molecule has 0 aliphatic carbocycles. The maximum atomic E-state index is 12.4. The third kappa shape index (κ3) is 6.38. The van der Waals surface area contributed by atoms with Crippen LogP contribution in [0.4, 0.5) is 0 Å². The third-order valence-corrected chi connectivity index (χ3v) is 6.25. The van der Waals surface area contributed by atoms with Gasteiger partial charge in [-0.15, -0.1) is 0 Å². The highest BCUT2D eigenvalue weighted by Gasteiger charge is 2.23. The number of unbranched alkanes of at least 4 members (excludes halogenated alkanes) is 2. The van der Waals surface area contributed by atoms with Crippen LogP contribution >= 0.6 is 31.9 Å². The van der Waals surface area contributed by atoms with Crippen LogP contribution in [-0.2, 0) is 10.0 Å². The van der Waals surface area contributed by atoms with Crippen molar-refractivity contribution in [1.29, 1.82) is 0 Å². The summed E-state index contributed by atoms with van der Waals surface area (Å²) in [6.07, 6.45) is 4.51. The van der Waals surface area contributed by atoms with Gasteiger partial charge in [0.05, 0.1) is 4.90 Å². The molecule has 0 spiro atoms. The van der Waals surface area contributed by atoms with Crippen LogP contribution in [0.3, 0.4) is 0 Å². The molecule has 3 nitrogen and oxygen atoms in total. The minimum absolute atomic E-state index is 0.0376. The highest BCUT2D eigenvalue weighted by atomic mass is 79.9. The lowest BCUT2D eigenvalue weighted by atomic mass is 9.87. The van der Waals surface area contributed by atoms with Crippen molar-refractivity contribution in [2.45, 2.75) is 51.3 Å². The van der Waals surface area contributed by atoms with Crippen LogP contribution in [0.5, 0.6) is 0 Å². The van der Waals surface area contributed by atoms with E-state index in [1.165, 1.54) is 12.8 Å². The molecule has 0 aliphatic rings. The largest absolute Gasteiger partial charge is 0.241 e. The molecule has 21 heavy (non-hydrogen) atoms. The Morgan fingerprint density at radius 3 is 2.43 bits per heavy atom. The van der Waals surface area contributed by atoms with Gasteiger partial charge in [-0.2, -0.15) is 0 Å². The average molecular weight is 441 g/mol. The minimum Gasteiger partial charge on any atom is -0.211 e. The number of sulfonamides is 1. The van der Waals surface area contributed by atoms with Gasteiger partial charge in [0.2, 0.25) is 10.0 Å². The summed E-state index contributed by atoms with van der Waals surface area (Å²) < 4.78 is 28.9. The zero-order valence-electron chi connectivity index (χ0n) is 12.7. The molecule has 6 heteroatoms. The van der Waals surface area contributed by atoms with E-state index >= 15 is 0 Å². The van der Waals surface area contributed by atoms with Gasteiger partial charge < -0.3 is 0 Å². The Balaban J connectivity index is 2.72. The zero-order valence-corrected chi connectivity index (χ0v) is 16.7. The summed E-state index contributed by atoms with van der Waals surface area (Å²) in [4.78, 5) is 0.273. The van der Waals surface area contributed by atoms with Crippen molar-refractivity contribution < 1.29 is 8.42 Å². The molecule has 1 aromatic carbocycles. The topological polar surface area (TPSA) is 46.2 Å². The molecule has 0 unspecified atom stereocenters. The van der Waals surface area contributed by atoms with Crippen LogP contribution in [0.15, 0.2) is 32.0 Å². The lowest BCUT2D eigenvalue weighted by molar-refractivity contribution is 0.320. The Morgan fingerprint density at radius 1 is 1.19 bits per heavy atom. The lowest BCUT2D eigenvalue weighted by Crippen LogP contribution is -2.34. The van der Waals surface area contributed by atoms with Gasteiger partial charge in [-0.1, -0.05) is 56.0 Å². The van der Waals surface area contributed by atoms with E-state index < -0.39 is 10.0 Å². The van der Waals surface area contributed by atoms with Gasteiger partial charge in [-0.05, 0) is 46.0 Å². The van der Waals surface area contributed by atoms with Gasteiger partial charge in [-0.25, -0.2) is 13.1 Å². The van der Waals surface area contributed by atoms with Crippen LogP contribution in [0.1, 0.15) is 46.5 Å². The average Bonchev–Trinajstić information content (AvgIpc) is 2.36. The Bertz CT molecular complexity index is 571. The fraction of sp³-hybridized carbons (Fsp3) is 0.600. The third-order valence-electron chi connectivity index (χ3n) is 3.38. The first-order valence-corrected chi connectivity index (χ1v) is 10.2. The van der Waals surface area contributed by atoms with Gasteiger partial charge in [0.25, 0.3) is 0 Å². The van der Waals surface area contributed by atoms with Gasteiger partial charge in [0.1, 0.15) is 0 Å². The molecule has 0 aromatic heterocycles. The summed E-state index contributed by atoms with van der Waals surface area (Å²) >= 11 is 6.63. The SMILES string of the molecule is CCCCCC(C)(C)CNS(=O)(=O)c1ccc(Br)cc1Br. The fourth-order valence-electron chi connectivity index (χ4n) is 2.00. The Kier molecular flexibility index (Phi) is 7.37. The van der Waals surface area contributed by atoms with Crippen LogP contribution < -0.4 is 4.72 Å². The molecule has 0 amide bonds. The Labute approximate surface area is 145 Å². The van der Waals surface area contributed by atoms with Crippen molar-refractivity contribution in [2.24, 2.45) is 5.41 Å². The number of hydrogen-bond acceptors (Lipinski definition) is 2. The Hall–Kier alpha value is 0.0900. The molecule has 0 saturated carbocycles. The highest BCUT2D eigenvalue weighted by Crippen LogP contribution is 2.27. The summed E-state index contributed by atoms with van der Waals surface area (Å²) in [5.41, 5.74) is -0.0376. The number of benzene rings is 1. The van der Waals surface area contributed by atoms with Crippen molar-refractivity contribution in [2.75, 3.05) is 6.54 Å². The van der Waals surface area contributed by atoms with E-state index in [9.17, 15) is 8.42 Å². The van der Waals surface area contributed by atoms with E-state index in [4.69, 9.17) is 0 Å². The highest BCUT2D eigenvalue weighted by molar-refractivity contribution is 9.11. The molecule has 0 saturated heterocycles. The van der Waals surface area contributed by atoms with Crippen LogP contribution in [0, 0.1) is 5.41 Å². The van der Waals surface area contributed by atoms with E-state index in [1.807, 2.05) is 0 Å². The quantitative estimate of drug-likeness (QED) is 0.571. The minimum atomic E-state index is -3.49. The van der Waals surface area contributed by atoms with Gasteiger partial charge >= 0.3 is 0 Å². The first-order chi connectivity index (χ1) is 9.68. The van der Waals surface area contributed by atoms with Gasteiger partial charge in [-0.3, -0.25) is 0 Å². The molecular weight excluding hydrogens is 418 g/mol. The standard InChI is InChI=1S/C15H23Br2NO2S/c1-4-5-6-9-15(2,3)11-18-21(19,20)14-8-7-12(16)10-13(14)17/h7-8,10,18H,4-6,9,11H2,1-3H3. The van der Waals surface area contributed by atoms with E-state index in [0.29, 0.717) is 11.0 Å². The molecule has 1 N–H and O–H groups in total. The second-order valence-corrected chi connectivity index (χ2v) is 9.53. The van der Waals surface area contributed by atoms with Crippen LogP contribution in [0.25, 0.3) is 0 Å². The number of rotatable bonds is 8. The van der Waals surface area contributed by atoms with Gasteiger partial charge in [0, 0.05) is 15.5 Å². The smallest absolute Gasteiger partial charge is 0.211 e. The first-order valence-electron chi connectivity index (χ1n) is 7.13. The normalized spacial score (nSPS) is 12.6. The molecule has 0 aliphatic heterocycles. The number of halogens is 2.